The molecule has 1 aliphatic carbocycles. The number of nitrogens with one attached hydrogen (secondary N) is 2. The number of benzene rings is 1. The molecule has 0 radical (unpaired) electrons. The molecule has 1 aromatic carbocycles. The van der Waals surface area contributed by atoms with Gasteiger partial charge in [-0.25, -0.2) is 18.3 Å². The van der Waals surface area contributed by atoms with Gasteiger partial charge in [0.25, 0.3) is 0 Å². The van der Waals surface area contributed by atoms with Gasteiger partial charge in [0.05, 0.1) is 12.2 Å². The van der Waals surface area contributed by atoms with Gasteiger partial charge in [-0.15, -0.1) is 0 Å². The quantitative estimate of drug-likeness (QED) is 0.902. The average Bonchev–Trinajstić information content (AvgIpc) is 2.98. The van der Waals surface area contributed by atoms with Crippen molar-refractivity contribution < 1.29 is 13.6 Å². The Hall–Kier alpha value is -2.44. The topological polar surface area (TPSA) is 59.0 Å². The smallest absolute Gasteiger partial charge is 0.315 e. The Kier molecular flexibility index (Phi) is 4.78. The summed E-state index contributed by atoms with van der Waals surface area (Å²) in [4.78, 5) is 11.9. The van der Waals surface area contributed by atoms with E-state index in [0.717, 1.165) is 43.0 Å². The normalized spacial score (nSPS) is 16.5. The zero-order valence-corrected chi connectivity index (χ0v) is 13.5. The van der Waals surface area contributed by atoms with Crippen LogP contribution in [0.15, 0.2) is 24.4 Å². The van der Waals surface area contributed by atoms with Gasteiger partial charge >= 0.3 is 6.03 Å². The van der Waals surface area contributed by atoms with Crippen molar-refractivity contribution in [3.63, 3.8) is 0 Å². The van der Waals surface area contributed by atoms with E-state index in [4.69, 9.17) is 0 Å². The summed E-state index contributed by atoms with van der Waals surface area (Å²) in [6.45, 7) is 2.60. The van der Waals surface area contributed by atoms with Crippen molar-refractivity contribution in [3.05, 3.63) is 47.3 Å². The summed E-state index contributed by atoms with van der Waals surface area (Å²) in [7, 11) is 0. The van der Waals surface area contributed by atoms with Crippen molar-refractivity contribution in [2.75, 3.05) is 6.54 Å². The second-order valence-corrected chi connectivity index (χ2v) is 5.90. The number of carbonyl (C=O) groups excluding carboxylic acids is 1. The lowest BCUT2D eigenvalue weighted by Gasteiger charge is -2.24. The fraction of sp³-hybridized carbons (Fsp3) is 0.412. The molecular weight excluding hydrogens is 314 g/mol. The lowest BCUT2D eigenvalue weighted by Crippen LogP contribution is -2.39. The van der Waals surface area contributed by atoms with Crippen LogP contribution in [0.3, 0.4) is 0 Å². The highest BCUT2D eigenvalue weighted by Gasteiger charge is 2.26. The molecule has 0 fully saturated rings. The Morgan fingerprint density at radius 1 is 1.42 bits per heavy atom. The maximum Gasteiger partial charge on any atom is 0.315 e. The number of urea groups is 1. The average molecular weight is 334 g/mol. The summed E-state index contributed by atoms with van der Waals surface area (Å²) in [6, 6.07) is 3.07. The standard InChI is InChI=1S/C17H20F2N4O/c1-2-8-20-17(24)22-14-4-3-5-15-12(14)10-21-23(15)16-7-6-11(18)9-13(16)19/h6-7,9-10,14H,2-5,8H2,1H3,(H2,20,22,24)/t14-/m1/s1. The van der Waals surface area contributed by atoms with E-state index >= 15 is 0 Å². The van der Waals surface area contributed by atoms with E-state index in [1.165, 1.54) is 16.8 Å². The Morgan fingerprint density at radius 3 is 3.00 bits per heavy atom. The first kappa shape index (κ1) is 16.4. The highest BCUT2D eigenvalue weighted by Crippen LogP contribution is 2.31. The van der Waals surface area contributed by atoms with Crippen molar-refractivity contribution in [1.82, 2.24) is 20.4 Å². The molecule has 2 N–H and O–H groups in total. The molecular formula is C17H20F2N4O. The van der Waals surface area contributed by atoms with E-state index in [9.17, 15) is 13.6 Å². The highest BCUT2D eigenvalue weighted by atomic mass is 19.1. The molecule has 0 aliphatic heterocycles. The summed E-state index contributed by atoms with van der Waals surface area (Å²) in [5.74, 6) is -1.28. The Morgan fingerprint density at radius 2 is 2.25 bits per heavy atom. The third kappa shape index (κ3) is 3.25. The van der Waals surface area contributed by atoms with Gasteiger partial charge in [-0.3, -0.25) is 0 Å². The molecule has 3 rings (SSSR count). The minimum atomic E-state index is -0.656. The molecule has 0 saturated carbocycles. The van der Waals surface area contributed by atoms with Gasteiger partial charge in [-0.2, -0.15) is 5.10 Å². The summed E-state index contributed by atoms with van der Waals surface area (Å²) in [6.07, 6.45) is 4.93. The van der Waals surface area contributed by atoms with Crippen molar-refractivity contribution in [2.24, 2.45) is 0 Å². The van der Waals surface area contributed by atoms with Crippen LogP contribution < -0.4 is 10.6 Å². The Bertz CT molecular complexity index is 744. The van der Waals surface area contributed by atoms with Crippen LogP contribution in [0.25, 0.3) is 5.69 Å². The number of hydrogen-bond acceptors (Lipinski definition) is 2. The van der Waals surface area contributed by atoms with Gasteiger partial charge in [0.15, 0.2) is 5.82 Å². The molecule has 0 bridgehead atoms. The van der Waals surface area contributed by atoms with E-state index in [0.29, 0.717) is 6.54 Å². The van der Waals surface area contributed by atoms with E-state index in [2.05, 4.69) is 15.7 Å². The first-order valence-electron chi connectivity index (χ1n) is 8.16. The number of fused-ring (bicyclic) bond motifs is 1. The van der Waals surface area contributed by atoms with Crippen LogP contribution in [0.5, 0.6) is 0 Å². The van der Waals surface area contributed by atoms with Gasteiger partial charge in [0, 0.05) is 23.9 Å². The van der Waals surface area contributed by atoms with Gasteiger partial charge in [-0.05, 0) is 37.8 Å². The number of carbonyl (C=O) groups is 1. The van der Waals surface area contributed by atoms with Gasteiger partial charge < -0.3 is 10.6 Å². The SMILES string of the molecule is CCCNC(=O)N[C@@H]1CCCc2c1cnn2-c1ccc(F)cc1F. The molecule has 2 amide bonds. The molecule has 2 aromatic rings. The maximum absolute atomic E-state index is 14.0. The van der Waals surface area contributed by atoms with Crippen LogP contribution >= 0.6 is 0 Å². The lowest BCUT2D eigenvalue weighted by molar-refractivity contribution is 0.235. The maximum atomic E-state index is 14.0. The van der Waals surface area contributed by atoms with Crippen molar-refractivity contribution >= 4 is 6.03 Å². The molecule has 24 heavy (non-hydrogen) atoms. The van der Waals surface area contributed by atoms with E-state index in [1.54, 1.807) is 6.20 Å². The van der Waals surface area contributed by atoms with E-state index in [-0.39, 0.29) is 17.8 Å². The monoisotopic (exact) mass is 334 g/mol. The van der Waals surface area contributed by atoms with E-state index < -0.39 is 11.6 Å². The second kappa shape index (κ2) is 6.98. The van der Waals surface area contributed by atoms with Crippen LogP contribution in [0.1, 0.15) is 43.5 Å². The number of halogens is 2. The largest absolute Gasteiger partial charge is 0.338 e. The lowest BCUT2D eigenvalue weighted by atomic mass is 9.93. The number of amides is 2. The number of nitrogens with zero attached hydrogens (tertiary/aromatic N) is 2. The van der Waals surface area contributed by atoms with Crippen LogP contribution in [-0.4, -0.2) is 22.4 Å². The highest BCUT2D eigenvalue weighted by molar-refractivity contribution is 5.74. The molecule has 1 heterocycles. The zero-order chi connectivity index (χ0) is 17.1. The van der Waals surface area contributed by atoms with Gasteiger partial charge in [0.1, 0.15) is 11.5 Å². The summed E-state index contributed by atoms with van der Waals surface area (Å²) in [5, 5.41) is 9.99. The molecule has 7 heteroatoms. The number of hydrogen-bond donors (Lipinski definition) is 2. The predicted molar refractivity (Wildman–Crippen MR) is 86.0 cm³/mol. The molecule has 1 aliphatic rings. The van der Waals surface area contributed by atoms with Crippen molar-refractivity contribution in [3.8, 4) is 5.69 Å². The Labute approximate surface area is 139 Å². The Balaban J connectivity index is 1.86. The second-order valence-electron chi connectivity index (χ2n) is 5.90. The van der Waals surface area contributed by atoms with Gasteiger partial charge in [-0.1, -0.05) is 6.92 Å². The fourth-order valence-corrected chi connectivity index (χ4v) is 3.02. The molecule has 5 nitrogen and oxygen atoms in total. The zero-order valence-electron chi connectivity index (χ0n) is 13.5. The van der Waals surface area contributed by atoms with E-state index in [1.807, 2.05) is 6.92 Å². The molecule has 0 unspecified atom stereocenters. The molecule has 1 atom stereocenters. The molecule has 0 spiro atoms. The third-order valence-corrected chi connectivity index (χ3v) is 4.16. The predicted octanol–water partition coefficient (Wildman–Crippen LogP) is 3.24. The minimum Gasteiger partial charge on any atom is -0.338 e. The van der Waals surface area contributed by atoms with Crippen LogP contribution in [-0.2, 0) is 6.42 Å². The van der Waals surface area contributed by atoms with Gasteiger partial charge in [0.2, 0.25) is 0 Å². The van der Waals surface area contributed by atoms with Crippen LogP contribution in [0.4, 0.5) is 13.6 Å². The third-order valence-electron chi connectivity index (χ3n) is 4.16. The summed E-state index contributed by atoms with van der Waals surface area (Å²) in [5.41, 5.74) is 1.96. The van der Waals surface area contributed by atoms with Crippen molar-refractivity contribution in [1.29, 1.82) is 0 Å². The van der Waals surface area contributed by atoms with Crippen molar-refractivity contribution in [2.45, 2.75) is 38.6 Å². The first-order valence-corrected chi connectivity index (χ1v) is 8.16. The van der Waals surface area contributed by atoms with Crippen LogP contribution in [0.2, 0.25) is 0 Å². The summed E-state index contributed by atoms with van der Waals surface area (Å²) >= 11 is 0. The number of rotatable bonds is 4. The van der Waals surface area contributed by atoms with Crippen LogP contribution in [0, 0.1) is 11.6 Å². The molecule has 128 valence electrons. The number of aromatic nitrogens is 2. The summed E-state index contributed by atoms with van der Waals surface area (Å²) < 4.78 is 28.7. The first-order chi connectivity index (χ1) is 11.6. The molecule has 1 aromatic heterocycles. The molecule has 0 saturated heterocycles. The minimum absolute atomic E-state index is 0.150. The fourth-order valence-electron chi connectivity index (χ4n) is 3.02.